The molecule has 2 nitrogen and oxygen atoms in total. The lowest BCUT2D eigenvalue weighted by atomic mass is 10.0. The van der Waals surface area contributed by atoms with Crippen molar-refractivity contribution in [2.45, 2.75) is 20.4 Å². The lowest BCUT2D eigenvalue weighted by Gasteiger charge is -2.07. The molecule has 0 saturated heterocycles. The molecule has 2 aromatic rings. The van der Waals surface area contributed by atoms with Crippen molar-refractivity contribution in [3.8, 4) is 16.9 Å². The Balaban J connectivity index is 0.000000861. The van der Waals surface area contributed by atoms with Crippen molar-refractivity contribution in [2.24, 2.45) is 5.73 Å². The first kappa shape index (κ1) is 15.2. The highest BCUT2D eigenvalue weighted by Crippen LogP contribution is 2.27. The molecule has 0 saturated carbocycles. The first-order valence-corrected chi connectivity index (χ1v) is 6.37. The highest BCUT2D eigenvalue weighted by atomic mass is 19.1. The molecule has 3 heteroatoms. The van der Waals surface area contributed by atoms with Crippen molar-refractivity contribution in [1.82, 2.24) is 0 Å². The van der Waals surface area contributed by atoms with Crippen LogP contribution in [-0.4, -0.2) is 7.11 Å². The zero-order valence-corrected chi connectivity index (χ0v) is 11.6. The van der Waals surface area contributed by atoms with Crippen LogP contribution in [0.1, 0.15) is 19.4 Å². The number of methoxy groups -OCH3 is 1. The van der Waals surface area contributed by atoms with Gasteiger partial charge in [-0.2, -0.15) is 0 Å². The average Bonchev–Trinajstić information content (AvgIpc) is 2.50. The molecule has 0 aliphatic carbocycles. The Morgan fingerprint density at radius 3 is 2.21 bits per heavy atom. The second kappa shape index (κ2) is 7.54. The third-order valence-electron chi connectivity index (χ3n) is 2.67. The van der Waals surface area contributed by atoms with Gasteiger partial charge in [0.05, 0.1) is 7.11 Å². The normalized spacial score (nSPS) is 9.53. The smallest absolute Gasteiger partial charge is 0.131 e. The van der Waals surface area contributed by atoms with E-state index in [2.05, 4.69) is 0 Å². The van der Waals surface area contributed by atoms with Gasteiger partial charge in [0.2, 0.25) is 0 Å². The highest BCUT2D eigenvalue weighted by molar-refractivity contribution is 5.66. The second-order valence-electron chi connectivity index (χ2n) is 3.75. The van der Waals surface area contributed by atoms with E-state index in [0.717, 1.165) is 11.1 Å². The van der Waals surface area contributed by atoms with E-state index in [-0.39, 0.29) is 5.82 Å². The van der Waals surface area contributed by atoms with Crippen LogP contribution < -0.4 is 10.5 Å². The van der Waals surface area contributed by atoms with Crippen LogP contribution >= 0.6 is 0 Å². The Morgan fingerprint density at radius 2 is 1.68 bits per heavy atom. The Morgan fingerprint density at radius 1 is 1.05 bits per heavy atom. The molecule has 0 aliphatic heterocycles. The molecule has 0 unspecified atom stereocenters. The maximum Gasteiger partial charge on any atom is 0.131 e. The second-order valence-corrected chi connectivity index (χ2v) is 3.75. The van der Waals surface area contributed by atoms with E-state index in [1.807, 2.05) is 38.1 Å². The van der Waals surface area contributed by atoms with E-state index >= 15 is 0 Å². The van der Waals surface area contributed by atoms with Crippen molar-refractivity contribution < 1.29 is 9.13 Å². The molecular weight excluding hydrogens is 241 g/mol. The number of rotatable bonds is 3. The summed E-state index contributed by atoms with van der Waals surface area (Å²) in [5.74, 6) is 0.385. The predicted octanol–water partition coefficient (Wildman–Crippen LogP) is 3.99. The van der Waals surface area contributed by atoms with Gasteiger partial charge in [0.25, 0.3) is 0 Å². The van der Waals surface area contributed by atoms with Gasteiger partial charge in [-0.1, -0.05) is 38.1 Å². The summed E-state index contributed by atoms with van der Waals surface area (Å²) < 4.78 is 18.8. The van der Waals surface area contributed by atoms with E-state index in [1.54, 1.807) is 19.2 Å². The number of benzene rings is 2. The predicted molar refractivity (Wildman–Crippen MR) is 77.6 cm³/mol. The summed E-state index contributed by atoms with van der Waals surface area (Å²) in [4.78, 5) is 0. The summed E-state index contributed by atoms with van der Waals surface area (Å²) in [6, 6.07) is 12.2. The van der Waals surface area contributed by atoms with Gasteiger partial charge in [0, 0.05) is 12.1 Å². The zero-order valence-electron chi connectivity index (χ0n) is 11.6. The standard InChI is InChI=1S/C14H14FNO.C2H6/c1-17-12-6-7-14(15)13(8-12)11-4-2-10(9-16)3-5-11;1-2/h2-8H,9,16H2,1H3;1-2H3. The van der Waals surface area contributed by atoms with Crippen LogP contribution in [0.25, 0.3) is 11.1 Å². The molecule has 2 aromatic carbocycles. The molecule has 0 amide bonds. The molecule has 0 aromatic heterocycles. The fourth-order valence-corrected chi connectivity index (χ4v) is 1.67. The molecule has 0 bridgehead atoms. The fraction of sp³-hybridized carbons (Fsp3) is 0.250. The molecule has 0 spiro atoms. The van der Waals surface area contributed by atoms with E-state index in [9.17, 15) is 4.39 Å². The summed E-state index contributed by atoms with van der Waals surface area (Å²) in [5, 5.41) is 0. The van der Waals surface area contributed by atoms with Crippen LogP contribution in [0.2, 0.25) is 0 Å². The monoisotopic (exact) mass is 261 g/mol. The van der Waals surface area contributed by atoms with E-state index in [1.165, 1.54) is 6.07 Å². The molecule has 19 heavy (non-hydrogen) atoms. The molecule has 0 heterocycles. The summed E-state index contributed by atoms with van der Waals surface area (Å²) in [5.41, 5.74) is 7.90. The van der Waals surface area contributed by atoms with Gasteiger partial charge < -0.3 is 10.5 Å². The Kier molecular flexibility index (Phi) is 6.03. The first-order chi connectivity index (χ1) is 9.24. The van der Waals surface area contributed by atoms with E-state index < -0.39 is 0 Å². The minimum Gasteiger partial charge on any atom is -0.497 e. The van der Waals surface area contributed by atoms with E-state index in [4.69, 9.17) is 10.5 Å². The van der Waals surface area contributed by atoms with Crippen LogP contribution in [-0.2, 0) is 6.54 Å². The third-order valence-corrected chi connectivity index (χ3v) is 2.67. The Bertz CT molecular complexity index is 509. The van der Waals surface area contributed by atoms with Crippen molar-refractivity contribution in [2.75, 3.05) is 7.11 Å². The number of hydrogen-bond acceptors (Lipinski definition) is 2. The maximum absolute atomic E-state index is 13.7. The minimum atomic E-state index is -0.258. The molecule has 2 N–H and O–H groups in total. The molecular formula is C16H20FNO. The third kappa shape index (κ3) is 3.80. The van der Waals surface area contributed by atoms with Gasteiger partial charge in [-0.25, -0.2) is 4.39 Å². The zero-order chi connectivity index (χ0) is 14.3. The lowest BCUT2D eigenvalue weighted by Crippen LogP contribution is -1.95. The van der Waals surface area contributed by atoms with Crippen molar-refractivity contribution in [1.29, 1.82) is 0 Å². The van der Waals surface area contributed by atoms with Crippen molar-refractivity contribution in [3.05, 3.63) is 53.8 Å². The van der Waals surface area contributed by atoms with Crippen LogP contribution in [0, 0.1) is 5.82 Å². The van der Waals surface area contributed by atoms with Gasteiger partial charge in [0.1, 0.15) is 11.6 Å². The summed E-state index contributed by atoms with van der Waals surface area (Å²) in [6.07, 6.45) is 0. The molecule has 2 rings (SSSR count). The topological polar surface area (TPSA) is 35.2 Å². The minimum absolute atomic E-state index is 0.258. The number of nitrogens with two attached hydrogens (primary N) is 1. The van der Waals surface area contributed by atoms with Gasteiger partial charge in [-0.3, -0.25) is 0 Å². The Labute approximate surface area is 114 Å². The van der Waals surface area contributed by atoms with Gasteiger partial charge in [-0.05, 0) is 29.3 Å². The van der Waals surface area contributed by atoms with Gasteiger partial charge in [0.15, 0.2) is 0 Å². The van der Waals surface area contributed by atoms with Crippen LogP contribution in [0.15, 0.2) is 42.5 Å². The highest BCUT2D eigenvalue weighted by Gasteiger charge is 2.06. The molecule has 102 valence electrons. The van der Waals surface area contributed by atoms with E-state index in [0.29, 0.717) is 17.9 Å². The quantitative estimate of drug-likeness (QED) is 0.906. The number of hydrogen-bond donors (Lipinski definition) is 1. The Hall–Kier alpha value is -1.87. The molecule has 0 aliphatic rings. The number of ether oxygens (including phenoxy) is 1. The summed E-state index contributed by atoms with van der Waals surface area (Å²) in [7, 11) is 1.56. The van der Waals surface area contributed by atoms with Gasteiger partial charge >= 0.3 is 0 Å². The number of halogens is 1. The van der Waals surface area contributed by atoms with Crippen LogP contribution in [0.3, 0.4) is 0 Å². The largest absolute Gasteiger partial charge is 0.497 e. The van der Waals surface area contributed by atoms with Crippen molar-refractivity contribution in [3.63, 3.8) is 0 Å². The SMILES string of the molecule is CC.COc1ccc(F)c(-c2ccc(CN)cc2)c1. The molecule has 0 fully saturated rings. The van der Waals surface area contributed by atoms with Crippen molar-refractivity contribution >= 4 is 0 Å². The first-order valence-electron chi connectivity index (χ1n) is 6.37. The maximum atomic E-state index is 13.7. The average molecular weight is 261 g/mol. The van der Waals surface area contributed by atoms with Crippen LogP contribution in [0.5, 0.6) is 5.75 Å². The van der Waals surface area contributed by atoms with Gasteiger partial charge in [-0.15, -0.1) is 0 Å². The summed E-state index contributed by atoms with van der Waals surface area (Å²) in [6.45, 7) is 4.49. The molecule has 0 atom stereocenters. The molecule has 0 radical (unpaired) electrons. The fourth-order valence-electron chi connectivity index (χ4n) is 1.67. The lowest BCUT2D eigenvalue weighted by molar-refractivity contribution is 0.414. The van der Waals surface area contributed by atoms with Crippen LogP contribution in [0.4, 0.5) is 4.39 Å². The summed E-state index contributed by atoms with van der Waals surface area (Å²) >= 11 is 0.